The minimum Gasteiger partial charge on any atom is -0.477 e. The number of piperazine rings is 1. The molecule has 1 aliphatic heterocycles. The minimum atomic E-state index is -0.536. The number of nitrogens with one attached hydrogen (secondary N) is 2. The topological polar surface area (TPSA) is 89.2 Å². The maximum atomic E-state index is 12.1. The molecule has 27 heavy (non-hydrogen) atoms. The highest BCUT2D eigenvalue weighted by Gasteiger charge is 2.17. The number of nitro benzene ring substituents is 1. The van der Waals surface area contributed by atoms with Crippen molar-refractivity contribution < 1.29 is 19.4 Å². The van der Waals surface area contributed by atoms with Crippen LogP contribution in [0.5, 0.6) is 5.75 Å². The molecule has 1 saturated heterocycles. The van der Waals surface area contributed by atoms with Gasteiger partial charge in [-0.3, -0.25) is 14.9 Å². The van der Waals surface area contributed by atoms with Crippen molar-refractivity contribution in [2.45, 2.75) is 0 Å². The van der Waals surface area contributed by atoms with E-state index in [4.69, 9.17) is 4.74 Å². The summed E-state index contributed by atoms with van der Waals surface area (Å²) >= 11 is 0. The van der Waals surface area contributed by atoms with E-state index in [1.807, 2.05) is 24.3 Å². The fourth-order valence-corrected chi connectivity index (χ4v) is 2.97. The molecular weight excluding hydrogens is 348 g/mol. The Hall–Kier alpha value is -3.13. The van der Waals surface area contributed by atoms with Gasteiger partial charge in [-0.25, -0.2) is 0 Å². The number of rotatable bonds is 6. The molecule has 0 radical (unpaired) electrons. The van der Waals surface area contributed by atoms with Crippen LogP contribution in [0.25, 0.3) is 0 Å². The lowest BCUT2D eigenvalue weighted by Crippen LogP contribution is -3.12. The van der Waals surface area contributed by atoms with Crippen molar-refractivity contribution in [1.82, 2.24) is 0 Å². The van der Waals surface area contributed by atoms with Crippen LogP contribution in [0.3, 0.4) is 0 Å². The number of carbonyl (C=O) groups is 1. The molecule has 0 spiro atoms. The first kappa shape index (κ1) is 18.7. The Labute approximate surface area is 157 Å². The zero-order chi connectivity index (χ0) is 19.2. The van der Waals surface area contributed by atoms with Crippen molar-refractivity contribution in [1.29, 1.82) is 0 Å². The molecule has 1 aliphatic rings. The smallest absolute Gasteiger partial charge is 0.310 e. The fraction of sp³-hybridized carbons (Fsp3) is 0.316. The van der Waals surface area contributed by atoms with Crippen LogP contribution in [0.15, 0.2) is 48.5 Å². The van der Waals surface area contributed by atoms with Gasteiger partial charge in [0.25, 0.3) is 5.91 Å². The Morgan fingerprint density at radius 1 is 1.19 bits per heavy atom. The molecule has 2 aromatic rings. The summed E-state index contributed by atoms with van der Waals surface area (Å²) in [7, 11) is 2.20. The Balaban J connectivity index is 1.53. The van der Waals surface area contributed by atoms with Gasteiger partial charge in [-0.15, -0.1) is 0 Å². The van der Waals surface area contributed by atoms with E-state index in [9.17, 15) is 14.9 Å². The summed E-state index contributed by atoms with van der Waals surface area (Å²) in [6.07, 6.45) is 0. The summed E-state index contributed by atoms with van der Waals surface area (Å²) in [5.41, 5.74) is 1.63. The van der Waals surface area contributed by atoms with Crippen LogP contribution < -0.4 is 19.9 Å². The number of quaternary nitrogens is 1. The van der Waals surface area contributed by atoms with E-state index in [1.54, 1.807) is 12.1 Å². The second-order valence-electron chi connectivity index (χ2n) is 6.55. The third-order valence-corrected chi connectivity index (χ3v) is 4.55. The molecule has 0 aromatic heterocycles. The lowest BCUT2D eigenvalue weighted by Gasteiger charge is -2.31. The molecule has 1 fully saturated rings. The Bertz CT molecular complexity index is 802. The van der Waals surface area contributed by atoms with E-state index in [1.165, 1.54) is 17.0 Å². The standard InChI is InChI=1S/C19H22N4O4/c1-21-10-12-22(13-11-21)16-8-6-15(7-9-16)20-19(24)14-27-18-5-3-2-4-17(18)23(25)26/h2-9H,10-14H2,1H3,(H,20,24)/p+1. The van der Waals surface area contributed by atoms with Crippen LogP contribution in [0, 0.1) is 10.1 Å². The number of ether oxygens (including phenoxy) is 1. The second-order valence-corrected chi connectivity index (χ2v) is 6.55. The van der Waals surface area contributed by atoms with Crippen molar-refractivity contribution in [3.63, 3.8) is 0 Å². The molecule has 1 amide bonds. The van der Waals surface area contributed by atoms with Crippen LogP contribution in [0.1, 0.15) is 0 Å². The van der Waals surface area contributed by atoms with Gasteiger partial charge in [0.15, 0.2) is 12.4 Å². The highest BCUT2D eigenvalue weighted by Crippen LogP contribution is 2.25. The molecule has 0 saturated carbocycles. The van der Waals surface area contributed by atoms with Gasteiger partial charge in [0.05, 0.1) is 38.2 Å². The first-order chi connectivity index (χ1) is 13.0. The number of hydrogen-bond acceptors (Lipinski definition) is 5. The molecule has 8 heteroatoms. The van der Waals surface area contributed by atoms with Crippen LogP contribution in [0.4, 0.5) is 17.1 Å². The van der Waals surface area contributed by atoms with Crippen molar-refractivity contribution in [3.05, 3.63) is 58.6 Å². The zero-order valence-corrected chi connectivity index (χ0v) is 15.2. The Kier molecular flexibility index (Phi) is 5.87. The summed E-state index contributed by atoms with van der Waals surface area (Å²) in [6.45, 7) is 3.96. The normalized spacial score (nSPS) is 14.6. The summed E-state index contributed by atoms with van der Waals surface area (Å²) in [6, 6.07) is 13.7. The van der Waals surface area contributed by atoms with E-state index in [2.05, 4.69) is 17.3 Å². The third-order valence-electron chi connectivity index (χ3n) is 4.55. The highest BCUT2D eigenvalue weighted by atomic mass is 16.6. The van der Waals surface area contributed by atoms with Crippen LogP contribution in [-0.4, -0.2) is 50.7 Å². The lowest BCUT2D eigenvalue weighted by atomic mass is 10.2. The molecular formula is C19H23N4O4+. The average molecular weight is 371 g/mol. The van der Waals surface area contributed by atoms with Gasteiger partial charge in [-0.2, -0.15) is 0 Å². The summed E-state index contributed by atoms with van der Waals surface area (Å²) in [5.74, 6) is -0.297. The molecule has 0 unspecified atom stereocenters. The van der Waals surface area contributed by atoms with E-state index in [-0.39, 0.29) is 24.0 Å². The van der Waals surface area contributed by atoms with Crippen molar-refractivity contribution in [3.8, 4) is 5.75 Å². The number of para-hydroxylation sites is 2. The van der Waals surface area contributed by atoms with E-state index in [0.29, 0.717) is 5.69 Å². The fourth-order valence-electron chi connectivity index (χ4n) is 2.97. The third kappa shape index (κ3) is 4.95. The van der Waals surface area contributed by atoms with E-state index < -0.39 is 4.92 Å². The predicted molar refractivity (Wildman–Crippen MR) is 102 cm³/mol. The maximum Gasteiger partial charge on any atom is 0.310 e. The molecule has 3 rings (SSSR count). The first-order valence-electron chi connectivity index (χ1n) is 8.85. The number of amides is 1. The number of nitrogens with zero attached hydrogens (tertiary/aromatic N) is 2. The highest BCUT2D eigenvalue weighted by molar-refractivity contribution is 5.92. The van der Waals surface area contributed by atoms with Crippen molar-refractivity contribution in [2.75, 3.05) is 50.1 Å². The molecule has 2 aromatic carbocycles. The number of hydrogen-bond donors (Lipinski definition) is 2. The number of anilines is 2. The zero-order valence-electron chi connectivity index (χ0n) is 15.2. The van der Waals surface area contributed by atoms with Crippen molar-refractivity contribution >= 4 is 23.0 Å². The number of benzene rings is 2. The quantitative estimate of drug-likeness (QED) is 0.583. The molecule has 142 valence electrons. The molecule has 2 N–H and O–H groups in total. The van der Waals surface area contributed by atoms with Crippen molar-refractivity contribution in [2.24, 2.45) is 0 Å². The lowest BCUT2D eigenvalue weighted by molar-refractivity contribution is -0.880. The van der Waals surface area contributed by atoms with Crippen LogP contribution in [0.2, 0.25) is 0 Å². The molecule has 1 heterocycles. The average Bonchev–Trinajstić information content (AvgIpc) is 2.68. The predicted octanol–water partition coefficient (Wildman–Crippen LogP) is 0.947. The number of nitro groups is 1. The molecule has 0 bridgehead atoms. The summed E-state index contributed by atoms with van der Waals surface area (Å²) in [5, 5.41) is 13.7. The van der Waals surface area contributed by atoms with Crippen LogP contribution >= 0.6 is 0 Å². The van der Waals surface area contributed by atoms with Gasteiger partial charge in [0.2, 0.25) is 0 Å². The SMILES string of the molecule is C[NH+]1CCN(c2ccc(NC(=O)COc3ccccc3[N+](=O)[O-])cc2)CC1. The van der Waals surface area contributed by atoms with Gasteiger partial charge >= 0.3 is 5.69 Å². The monoisotopic (exact) mass is 371 g/mol. The largest absolute Gasteiger partial charge is 0.477 e. The van der Waals surface area contributed by atoms with Gasteiger partial charge < -0.3 is 19.9 Å². The number of carbonyl (C=O) groups excluding carboxylic acids is 1. The summed E-state index contributed by atoms with van der Waals surface area (Å²) in [4.78, 5) is 26.4. The van der Waals surface area contributed by atoms with Gasteiger partial charge in [-0.05, 0) is 30.3 Å². The maximum absolute atomic E-state index is 12.1. The van der Waals surface area contributed by atoms with Crippen LogP contribution in [-0.2, 0) is 4.79 Å². The van der Waals surface area contributed by atoms with Gasteiger partial charge in [0, 0.05) is 17.4 Å². The minimum absolute atomic E-state index is 0.0743. The summed E-state index contributed by atoms with van der Waals surface area (Å²) < 4.78 is 5.30. The Morgan fingerprint density at radius 3 is 2.52 bits per heavy atom. The first-order valence-corrected chi connectivity index (χ1v) is 8.85. The van der Waals surface area contributed by atoms with E-state index in [0.717, 1.165) is 31.9 Å². The van der Waals surface area contributed by atoms with Gasteiger partial charge in [-0.1, -0.05) is 12.1 Å². The van der Waals surface area contributed by atoms with Gasteiger partial charge in [0.1, 0.15) is 0 Å². The molecule has 0 atom stereocenters. The second kappa shape index (κ2) is 8.50. The molecule has 8 nitrogen and oxygen atoms in total. The number of likely N-dealkylation sites (N-methyl/N-ethyl adjacent to an activating group) is 1. The van der Waals surface area contributed by atoms with E-state index >= 15 is 0 Å². The molecule has 0 aliphatic carbocycles. The Morgan fingerprint density at radius 2 is 1.85 bits per heavy atom.